The van der Waals surface area contributed by atoms with Crippen molar-refractivity contribution in [2.24, 2.45) is 4.99 Å². The van der Waals surface area contributed by atoms with E-state index >= 15 is 0 Å². The van der Waals surface area contributed by atoms with Crippen molar-refractivity contribution in [3.63, 3.8) is 0 Å². The average molecular weight is 568 g/mol. The molecule has 0 aliphatic carbocycles. The van der Waals surface area contributed by atoms with Gasteiger partial charge in [0.25, 0.3) is 0 Å². The monoisotopic (exact) mass is 567 g/mol. The van der Waals surface area contributed by atoms with E-state index < -0.39 is 17.2 Å². The maximum atomic E-state index is 13.0. The minimum absolute atomic E-state index is 0.143. The number of hydrogen-bond donors (Lipinski definition) is 1. The summed E-state index contributed by atoms with van der Waals surface area (Å²) in [5.74, 6) is 6.36. The van der Waals surface area contributed by atoms with Crippen LogP contribution in [0.1, 0.15) is 50.8 Å². The molecule has 0 saturated carbocycles. The molecule has 7 nitrogen and oxygen atoms in total. The molecule has 1 aliphatic rings. The zero-order chi connectivity index (χ0) is 29.2. The van der Waals surface area contributed by atoms with Crippen LogP contribution in [0.5, 0.6) is 0 Å². The number of hydrogen-bond acceptors (Lipinski definition) is 5. The fourth-order valence-corrected chi connectivity index (χ4v) is 5.76. The van der Waals surface area contributed by atoms with Crippen molar-refractivity contribution < 1.29 is 19.1 Å². The molecule has 1 saturated heterocycles. The van der Waals surface area contributed by atoms with E-state index in [2.05, 4.69) is 46.4 Å². The Hall–Kier alpha value is -4.19. The summed E-state index contributed by atoms with van der Waals surface area (Å²) in [4.78, 5) is 30.8. The molecule has 0 bridgehead atoms. The van der Waals surface area contributed by atoms with E-state index in [4.69, 9.17) is 9.47 Å². The highest BCUT2D eigenvalue weighted by atomic mass is 32.1. The smallest absolute Gasteiger partial charge is 0.437 e. The van der Waals surface area contributed by atoms with Crippen molar-refractivity contribution in [3.8, 4) is 11.8 Å². The van der Waals surface area contributed by atoms with E-state index in [1.165, 1.54) is 4.90 Å². The van der Waals surface area contributed by atoms with Crippen LogP contribution < -0.4 is 5.32 Å². The third-order valence-corrected chi connectivity index (χ3v) is 7.95. The van der Waals surface area contributed by atoms with Gasteiger partial charge < -0.3 is 14.8 Å². The van der Waals surface area contributed by atoms with Crippen molar-refractivity contribution in [2.75, 3.05) is 13.7 Å². The number of nitrogens with zero attached hydrogens (tertiary/aromatic N) is 2. The summed E-state index contributed by atoms with van der Waals surface area (Å²) < 4.78 is 13.4. The minimum Gasteiger partial charge on any atom is -0.442 e. The van der Waals surface area contributed by atoms with Crippen LogP contribution in [-0.2, 0) is 26.4 Å². The van der Waals surface area contributed by atoms with E-state index in [-0.39, 0.29) is 18.3 Å². The van der Waals surface area contributed by atoms with Crippen LogP contribution in [0, 0.1) is 11.8 Å². The Morgan fingerprint density at radius 3 is 2.51 bits per heavy atom. The lowest BCUT2D eigenvalue weighted by Gasteiger charge is -2.40. The Morgan fingerprint density at radius 2 is 1.78 bits per heavy atom. The lowest BCUT2D eigenvalue weighted by Crippen LogP contribution is -2.58. The number of nitrogens with one attached hydrogen (secondary N) is 1. The molecular formula is C33H33N3O4S. The fourth-order valence-electron chi connectivity index (χ4n) is 4.69. The van der Waals surface area contributed by atoms with E-state index in [1.807, 2.05) is 49.4 Å². The van der Waals surface area contributed by atoms with Gasteiger partial charge in [0.05, 0.1) is 18.6 Å². The third-order valence-electron chi connectivity index (χ3n) is 6.80. The molecule has 1 fully saturated rings. The fraction of sp³-hybridized carbons (Fsp3) is 0.303. The number of rotatable bonds is 4. The molecule has 210 valence electrons. The summed E-state index contributed by atoms with van der Waals surface area (Å²) in [6.45, 7) is 8.15. The second kappa shape index (κ2) is 11.4. The summed E-state index contributed by atoms with van der Waals surface area (Å²) in [6, 6.07) is 22.5. The molecule has 0 radical (unpaired) electrons. The van der Waals surface area contributed by atoms with Crippen LogP contribution in [0.4, 0.5) is 4.79 Å². The Bertz CT molecular complexity index is 1710. The van der Waals surface area contributed by atoms with Crippen molar-refractivity contribution in [2.45, 2.75) is 51.9 Å². The summed E-state index contributed by atoms with van der Waals surface area (Å²) in [5, 5.41) is 5.53. The van der Waals surface area contributed by atoms with Gasteiger partial charge in [0.15, 0.2) is 0 Å². The van der Waals surface area contributed by atoms with Crippen molar-refractivity contribution in [1.29, 1.82) is 0 Å². The molecule has 5 rings (SSSR count). The maximum absolute atomic E-state index is 13.0. The Labute approximate surface area is 244 Å². The Balaban J connectivity index is 1.39. The summed E-state index contributed by atoms with van der Waals surface area (Å²) in [6.07, 6.45) is -0.535. The van der Waals surface area contributed by atoms with Crippen molar-refractivity contribution >= 4 is 49.5 Å². The molecule has 1 atom stereocenters. The lowest BCUT2D eigenvalue weighted by molar-refractivity contribution is -0.129. The number of thiophene rings is 1. The minimum atomic E-state index is -0.763. The zero-order valence-electron chi connectivity index (χ0n) is 23.9. The predicted octanol–water partition coefficient (Wildman–Crippen LogP) is 6.58. The molecule has 1 aliphatic heterocycles. The van der Waals surface area contributed by atoms with E-state index in [0.29, 0.717) is 13.2 Å². The van der Waals surface area contributed by atoms with Gasteiger partial charge >= 0.3 is 6.09 Å². The third kappa shape index (κ3) is 6.59. The molecule has 8 heteroatoms. The summed E-state index contributed by atoms with van der Waals surface area (Å²) in [7, 11) is 1.60. The first-order valence-electron chi connectivity index (χ1n) is 13.4. The summed E-state index contributed by atoms with van der Waals surface area (Å²) >= 11 is 1.72. The topological polar surface area (TPSA) is 80.2 Å². The number of carbonyl (C=O) groups is 2. The first-order valence-corrected chi connectivity index (χ1v) is 14.3. The quantitative estimate of drug-likeness (QED) is 0.223. The summed E-state index contributed by atoms with van der Waals surface area (Å²) in [5.41, 5.74) is 1.50. The number of benzene rings is 3. The highest BCUT2D eigenvalue weighted by molar-refractivity contribution is 7.25. The van der Waals surface area contributed by atoms with Crippen LogP contribution in [0.3, 0.4) is 0 Å². The van der Waals surface area contributed by atoms with Gasteiger partial charge in [0.2, 0.25) is 11.9 Å². The van der Waals surface area contributed by atoms with Gasteiger partial charge in [-0.2, -0.15) is 0 Å². The SMILES string of the molecule is CN1C(=O)C[C@@](C)(c2ccc3sc4ccc(C#CCOCc5ccccc5)cc4c3c2)N/C1=N/C(=O)OC(C)(C)C. The van der Waals surface area contributed by atoms with Gasteiger partial charge in [0.1, 0.15) is 12.2 Å². The van der Waals surface area contributed by atoms with E-state index in [1.54, 1.807) is 39.2 Å². The molecule has 3 aromatic carbocycles. The van der Waals surface area contributed by atoms with Crippen LogP contribution in [0.25, 0.3) is 20.2 Å². The van der Waals surface area contributed by atoms with Crippen molar-refractivity contribution in [1.82, 2.24) is 10.2 Å². The second-order valence-corrected chi connectivity index (χ2v) is 12.4. The van der Waals surface area contributed by atoms with Gasteiger partial charge in [-0.05, 0) is 69.2 Å². The zero-order valence-corrected chi connectivity index (χ0v) is 24.7. The number of amides is 2. The molecular weight excluding hydrogens is 534 g/mol. The Morgan fingerprint density at radius 1 is 1.07 bits per heavy atom. The molecule has 0 unspecified atom stereocenters. The van der Waals surface area contributed by atoms with E-state index in [0.717, 1.165) is 36.9 Å². The molecule has 1 aromatic heterocycles. The molecule has 2 amide bonds. The van der Waals surface area contributed by atoms with Crippen LogP contribution in [0.15, 0.2) is 71.7 Å². The Kier molecular flexibility index (Phi) is 7.85. The number of carbonyl (C=O) groups excluding carboxylic acids is 2. The standard InChI is InChI=1S/C33H33N3O4S/c1-32(2,3)40-31(38)34-30-35-33(4,20-29(37)36(30)5)24-14-16-28-26(19-24)25-18-22(13-15-27(25)41-28)12-9-17-39-21-23-10-7-6-8-11-23/h6-8,10-11,13-16,18-19H,17,20-21H2,1-5H3,(H,34,35,38)/t33-/m0/s1. The van der Waals surface area contributed by atoms with Gasteiger partial charge in [-0.3, -0.25) is 9.69 Å². The largest absolute Gasteiger partial charge is 0.442 e. The number of ether oxygens (including phenoxy) is 2. The molecule has 0 spiro atoms. The maximum Gasteiger partial charge on any atom is 0.437 e. The molecule has 41 heavy (non-hydrogen) atoms. The van der Waals surface area contributed by atoms with Crippen LogP contribution >= 0.6 is 11.3 Å². The number of aliphatic imine (C=N–C) groups is 1. The average Bonchev–Trinajstić information content (AvgIpc) is 3.28. The van der Waals surface area contributed by atoms with Gasteiger partial charge in [0, 0.05) is 32.8 Å². The lowest BCUT2D eigenvalue weighted by atomic mass is 9.86. The second-order valence-electron chi connectivity index (χ2n) is 11.3. The van der Waals surface area contributed by atoms with Gasteiger partial charge in [-0.25, -0.2) is 4.79 Å². The number of fused-ring (bicyclic) bond motifs is 3. The highest BCUT2D eigenvalue weighted by Crippen LogP contribution is 2.38. The van der Waals surface area contributed by atoms with Crippen LogP contribution in [0.2, 0.25) is 0 Å². The van der Waals surface area contributed by atoms with Crippen LogP contribution in [-0.4, -0.2) is 42.1 Å². The van der Waals surface area contributed by atoms with Crippen molar-refractivity contribution in [3.05, 3.63) is 83.4 Å². The molecule has 1 N–H and O–H groups in total. The highest BCUT2D eigenvalue weighted by Gasteiger charge is 2.39. The molecule has 2 heterocycles. The molecule has 4 aromatic rings. The normalized spacial score (nSPS) is 18.3. The van der Waals surface area contributed by atoms with Gasteiger partial charge in [-0.1, -0.05) is 48.2 Å². The number of guanidine groups is 1. The first-order chi connectivity index (χ1) is 19.5. The first kappa shape index (κ1) is 28.3. The van der Waals surface area contributed by atoms with Gasteiger partial charge in [-0.15, -0.1) is 16.3 Å². The van der Waals surface area contributed by atoms with E-state index in [9.17, 15) is 9.59 Å². The predicted molar refractivity (Wildman–Crippen MR) is 164 cm³/mol.